The average molecular weight is 337 g/mol. The van der Waals surface area contributed by atoms with E-state index in [-0.39, 0.29) is 18.4 Å². The smallest absolute Gasteiger partial charge is 0.226 e. The van der Waals surface area contributed by atoms with Gasteiger partial charge in [0.05, 0.1) is 11.4 Å². The maximum Gasteiger partial charge on any atom is 0.226 e. The molecule has 1 unspecified atom stereocenters. The third-order valence-corrected chi connectivity index (χ3v) is 5.06. The molecule has 0 aliphatic heterocycles. The van der Waals surface area contributed by atoms with Crippen LogP contribution in [-0.2, 0) is 4.79 Å². The first-order valence-corrected chi connectivity index (χ1v) is 9.07. The number of para-hydroxylation sites is 2. The molecule has 1 aliphatic carbocycles. The molecule has 0 bridgehead atoms. The van der Waals surface area contributed by atoms with Gasteiger partial charge in [-0.3, -0.25) is 4.79 Å². The fourth-order valence-corrected chi connectivity index (χ4v) is 3.59. The highest BCUT2D eigenvalue weighted by Gasteiger charge is 2.22. The van der Waals surface area contributed by atoms with Gasteiger partial charge in [0.25, 0.3) is 0 Å². The van der Waals surface area contributed by atoms with Crippen molar-refractivity contribution in [3.05, 3.63) is 60.2 Å². The quantitative estimate of drug-likeness (QED) is 0.834. The number of anilines is 2. The van der Waals surface area contributed by atoms with Gasteiger partial charge in [0.1, 0.15) is 0 Å². The minimum Gasteiger partial charge on any atom is -0.370 e. The molecule has 1 aliphatic rings. The van der Waals surface area contributed by atoms with Crippen molar-refractivity contribution in [3.63, 3.8) is 0 Å². The number of nitrogens with two attached hydrogens (primary N) is 1. The topological polar surface area (TPSA) is 58.4 Å². The monoisotopic (exact) mass is 337 g/mol. The van der Waals surface area contributed by atoms with Crippen LogP contribution in [0, 0.1) is 0 Å². The van der Waals surface area contributed by atoms with Crippen LogP contribution in [0.5, 0.6) is 0 Å². The molecule has 1 fully saturated rings. The summed E-state index contributed by atoms with van der Waals surface area (Å²) in [5.74, 6) is -0.0522. The van der Waals surface area contributed by atoms with Gasteiger partial charge in [0.2, 0.25) is 5.91 Å². The Hall–Kier alpha value is -2.33. The summed E-state index contributed by atoms with van der Waals surface area (Å²) in [6, 6.07) is 18.0. The van der Waals surface area contributed by atoms with Crippen molar-refractivity contribution in [2.75, 3.05) is 17.3 Å². The van der Waals surface area contributed by atoms with E-state index in [9.17, 15) is 4.79 Å². The summed E-state index contributed by atoms with van der Waals surface area (Å²) in [5, 5.41) is 3.05. The molecule has 0 spiro atoms. The highest BCUT2D eigenvalue weighted by molar-refractivity contribution is 5.94. The lowest BCUT2D eigenvalue weighted by molar-refractivity contribution is -0.116. The van der Waals surface area contributed by atoms with Gasteiger partial charge in [0, 0.05) is 25.6 Å². The summed E-state index contributed by atoms with van der Waals surface area (Å²) in [4.78, 5) is 14.8. The number of nitrogens with one attached hydrogen (secondary N) is 1. The minimum atomic E-state index is -0.291. The van der Waals surface area contributed by atoms with Crippen LogP contribution < -0.4 is 16.0 Å². The first-order chi connectivity index (χ1) is 12.1. The normalized spacial score (nSPS) is 15.8. The van der Waals surface area contributed by atoms with Gasteiger partial charge in [-0.2, -0.15) is 0 Å². The van der Waals surface area contributed by atoms with E-state index in [0.717, 1.165) is 16.9 Å². The number of carbonyl (C=O) groups excluding carboxylic acids is 1. The molecule has 0 radical (unpaired) electrons. The SMILES string of the molecule is CN(c1ccccc1NC(=O)CC(N)c1ccccc1)C1CCCC1. The molecule has 0 heterocycles. The second kappa shape index (κ2) is 8.17. The largest absolute Gasteiger partial charge is 0.370 e. The summed E-state index contributed by atoms with van der Waals surface area (Å²) in [6.45, 7) is 0. The van der Waals surface area contributed by atoms with E-state index >= 15 is 0 Å². The molecule has 1 amide bonds. The summed E-state index contributed by atoms with van der Waals surface area (Å²) in [7, 11) is 2.12. The molecule has 4 nitrogen and oxygen atoms in total. The van der Waals surface area contributed by atoms with E-state index < -0.39 is 0 Å². The third kappa shape index (κ3) is 4.40. The Kier molecular flexibility index (Phi) is 5.71. The van der Waals surface area contributed by atoms with Crippen molar-refractivity contribution in [2.45, 2.75) is 44.2 Å². The lowest BCUT2D eigenvalue weighted by Gasteiger charge is -2.28. The Bertz CT molecular complexity index is 695. The first-order valence-electron chi connectivity index (χ1n) is 9.07. The Balaban J connectivity index is 1.67. The third-order valence-electron chi connectivity index (χ3n) is 5.06. The van der Waals surface area contributed by atoms with E-state index in [2.05, 4.69) is 23.3 Å². The molecule has 3 rings (SSSR count). The van der Waals surface area contributed by atoms with Gasteiger partial charge < -0.3 is 16.0 Å². The van der Waals surface area contributed by atoms with Crippen LogP contribution in [0.1, 0.15) is 43.7 Å². The van der Waals surface area contributed by atoms with Gasteiger partial charge in [-0.25, -0.2) is 0 Å². The number of hydrogen-bond acceptors (Lipinski definition) is 3. The van der Waals surface area contributed by atoms with E-state index in [0.29, 0.717) is 6.04 Å². The number of carbonyl (C=O) groups is 1. The predicted octanol–water partition coefficient (Wildman–Crippen LogP) is 4.09. The van der Waals surface area contributed by atoms with Crippen LogP contribution >= 0.6 is 0 Å². The van der Waals surface area contributed by atoms with Crippen LogP contribution in [-0.4, -0.2) is 19.0 Å². The molecule has 2 aromatic carbocycles. The molecule has 2 aromatic rings. The van der Waals surface area contributed by atoms with Crippen molar-refractivity contribution in [3.8, 4) is 0 Å². The summed E-state index contributed by atoms with van der Waals surface area (Å²) >= 11 is 0. The Morgan fingerprint density at radius 2 is 1.76 bits per heavy atom. The van der Waals surface area contributed by atoms with Gasteiger partial charge in [-0.05, 0) is 30.5 Å². The highest BCUT2D eigenvalue weighted by atomic mass is 16.1. The van der Waals surface area contributed by atoms with Crippen LogP contribution in [0.25, 0.3) is 0 Å². The van der Waals surface area contributed by atoms with Crippen molar-refractivity contribution in [1.82, 2.24) is 0 Å². The van der Waals surface area contributed by atoms with Crippen LogP contribution in [0.2, 0.25) is 0 Å². The summed E-state index contributed by atoms with van der Waals surface area (Å²) < 4.78 is 0. The zero-order chi connectivity index (χ0) is 17.6. The lowest BCUT2D eigenvalue weighted by Crippen LogP contribution is -2.30. The average Bonchev–Trinajstić information content (AvgIpc) is 3.17. The Morgan fingerprint density at radius 1 is 1.12 bits per heavy atom. The maximum absolute atomic E-state index is 12.5. The highest BCUT2D eigenvalue weighted by Crippen LogP contribution is 2.32. The van der Waals surface area contributed by atoms with Crippen molar-refractivity contribution >= 4 is 17.3 Å². The zero-order valence-electron chi connectivity index (χ0n) is 14.8. The Morgan fingerprint density at radius 3 is 2.48 bits per heavy atom. The van der Waals surface area contributed by atoms with Gasteiger partial charge in [-0.15, -0.1) is 0 Å². The van der Waals surface area contributed by atoms with Crippen LogP contribution in [0.3, 0.4) is 0 Å². The van der Waals surface area contributed by atoms with Gasteiger partial charge >= 0.3 is 0 Å². The molecule has 1 saturated carbocycles. The van der Waals surface area contributed by atoms with E-state index in [4.69, 9.17) is 5.73 Å². The zero-order valence-corrected chi connectivity index (χ0v) is 14.8. The molecule has 0 saturated heterocycles. The lowest BCUT2D eigenvalue weighted by atomic mass is 10.0. The van der Waals surface area contributed by atoms with Gasteiger partial charge in [-0.1, -0.05) is 55.3 Å². The van der Waals surface area contributed by atoms with Crippen molar-refractivity contribution in [1.29, 1.82) is 0 Å². The molecule has 1 atom stereocenters. The van der Waals surface area contributed by atoms with E-state index in [1.165, 1.54) is 25.7 Å². The fourth-order valence-electron chi connectivity index (χ4n) is 3.59. The predicted molar refractivity (Wildman–Crippen MR) is 104 cm³/mol. The standard InChI is InChI=1S/C21H27N3O/c1-24(17-11-5-6-12-17)20-14-8-7-13-19(20)23-21(25)15-18(22)16-9-3-2-4-10-16/h2-4,7-10,13-14,17-18H,5-6,11-12,15,22H2,1H3,(H,23,25). The molecule has 0 aromatic heterocycles. The van der Waals surface area contributed by atoms with Crippen LogP contribution in [0.4, 0.5) is 11.4 Å². The summed E-state index contributed by atoms with van der Waals surface area (Å²) in [5.41, 5.74) is 9.10. The maximum atomic E-state index is 12.5. The molecular weight excluding hydrogens is 310 g/mol. The number of amides is 1. The molecule has 132 valence electrons. The Labute approximate surface area is 150 Å². The molecule has 25 heavy (non-hydrogen) atoms. The second-order valence-corrected chi connectivity index (χ2v) is 6.84. The number of benzene rings is 2. The first kappa shape index (κ1) is 17.5. The number of hydrogen-bond donors (Lipinski definition) is 2. The van der Waals surface area contributed by atoms with Crippen molar-refractivity contribution < 1.29 is 4.79 Å². The van der Waals surface area contributed by atoms with Crippen molar-refractivity contribution in [2.24, 2.45) is 5.73 Å². The van der Waals surface area contributed by atoms with Crippen LogP contribution in [0.15, 0.2) is 54.6 Å². The fraction of sp³-hybridized carbons (Fsp3) is 0.381. The van der Waals surface area contributed by atoms with E-state index in [1.807, 2.05) is 48.5 Å². The molecular formula is C21H27N3O. The minimum absolute atomic E-state index is 0.0522. The second-order valence-electron chi connectivity index (χ2n) is 6.84. The number of rotatable bonds is 6. The molecule has 4 heteroatoms. The summed E-state index contributed by atoms with van der Waals surface area (Å²) in [6.07, 6.45) is 5.28. The molecule has 3 N–H and O–H groups in total. The van der Waals surface area contributed by atoms with Gasteiger partial charge in [0.15, 0.2) is 0 Å². The number of nitrogens with zero attached hydrogens (tertiary/aromatic N) is 1. The van der Waals surface area contributed by atoms with E-state index in [1.54, 1.807) is 0 Å².